The third kappa shape index (κ3) is 6.08. The topological polar surface area (TPSA) is 93.4 Å². The second-order valence-corrected chi connectivity index (χ2v) is 4.29. The van der Waals surface area contributed by atoms with Crippen LogP contribution in [-0.4, -0.2) is 31.7 Å². The van der Waals surface area contributed by atoms with Crippen molar-refractivity contribution in [1.82, 2.24) is 5.32 Å². The van der Waals surface area contributed by atoms with Crippen LogP contribution < -0.4 is 16.4 Å². The van der Waals surface area contributed by atoms with Crippen LogP contribution in [0.1, 0.15) is 5.56 Å². The van der Waals surface area contributed by atoms with Crippen molar-refractivity contribution in [3.05, 3.63) is 28.8 Å². The van der Waals surface area contributed by atoms with Gasteiger partial charge in [-0.25, -0.2) is 4.79 Å². The second kappa shape index (κ2) is 7.60. The van der Waals surface area contributed by atoms with Gasteiger partial charge in [-0.05, 0) is 24.6 Å². The number of halogens is 1. The van der Waals surface area contributed by atoms with Crippen LogP contribution in [0.15, 0.2) is 18.2 Å². The minimum Gasteiger partial charge on any atom is -0.448 e. The molecule has 0 heterocycles. The number of nitrogens with two attached hydrogens (primary N) is 1. The average Bonchev–Trinajstić information content (AvgIpc) is 2.33. The van der Waals surface area contributed by atoms with E-state index in [1.807, 2.05) is 13.0 Å². The molecule has 104 valence electrons. The third-order valence-electron chi connectivity index (χ3n) is 2.28. The Labute approximate surface area is 116 Å². The Morgan fingerprint density at radius 3 is 2.84 bits per heavy atom. The van der Waals surface area contributed by atoms with Crippen molar-refractivity contribution in [2.75, 3.05) is 25.0 Å². The number of hydrogen-bond acceptors (Lipinski definition) is 4. The maximum Gasteiger partial charge on any atom is 0.404 e. The number of ether oxygens (including phenoxy) is 1. The Bertz CT molecular complexity index is 466. The molecule has 0 aliphatic rings. The number of nitrogens with one attached hydrogen (secondary N) is 2. The summed E-state index contributed by atoms with van der Waals surface area (Å²) in [5, 5.41) is 6.11. The van der Waals surface area contributed by atoms with Crippen molar-refractivity contribution in [3.8, 4) is 0 Å². The normalized spacial score (nSPS) is 10.0. The number of carbonyl (C=O) groups is 2. The standard InChI is InChI=1S/C12H16ClN3O3/c1-8-2-3-9(13)6-10(8)16-11(17)7-15-4-5-19-12(14)18/h2-3,6,15H,4-5,7H2,1H3,(H2,14,18)(H,16,17). The Kier molecular flexibility index (Phi) is 6.11. The van der Waals surface area contributed by atoms with E-state index in [-0.39, 0.29) is 19.1 Å². The first kappa shape index (κ1) is 15.3. The Balaban J connectivity index is 2.31. The fraction of sp³-hybridized carbons (Fsp3) is 0.333. The summed E-state index contributed by atoms with van der Waals surface area (Å²) in [6.45, 7) is 2.46. The maximum atomic E-state index is 11.6. The van der Waals surface area contributed by atoms with Gasteiger partial charge in [-0.1, -0.05) is 17.7 Å². The molecule has 1 aromatic carbocycles. The molecular formula is C12H16ClN3O3. The van der Waals surface area contributed by atoms with Crippen LogP contribution in [0.5, 0.6) is 0 Å². The molecule has 0 unspecified atom stereocenters. The summed E-state index contributed by atoms with van der Waals surface area (Å²) in [6, 6.07) is 5.27. The monoisotopic (exact) mass is 285 g/mol. The summed E-state index contributed by atoms with van der Waals surface area (Å²) in [6.07, 6.45) is -0.833. The number of amides is 2. The van der Waals surface area contributed by atoms with Crippen molar-refractivity contribution in [1.29, 1.82) is 0 Å². The van der Waals surface area contributed by atoms with E-state index in [1.54, 1.807) is 12.1 Å². The molecule has 1 rings (SSSR count). The lowest BCUT2D eigenvalue weighted by Crippen LogP contribution is -2.31. The number of rotatable bonds is 6. The van der Waals surface area contributed by atoms with E-state index in [1.165, 1.54) is 0 Å². The molecule has 0 spiro atoms. The van der Waals surface area contributed by atoms with E-state index in [9.17, 15) is 9.59 Å². The minimum absolute atomic E-state index is 0.105. The number of aryl methyl sites for hydroxylation is 1. The number of benzene rings is 1. The highest BCUT2D eigenvalue weighted by Gasteiger charge is 2.05. The van der Waals surface area contributed by atoms with Gasteiger partial charge in [0.2, 0.25) is 5.91 Å². The lowest BCUT2D eigenvalue weighted by atomic mass is 10.2. The maximum absolute atomic E-state index is 11.6. The van der Waals surface area contributed by atoms with Crippen molar-refractivity contribution in [2.24, 2.45) is 5.73 Å². The zero-order chi connectivity index (χ0) is 14.3. The van der Waals surface area contributed by atoms with Gasteiger partial charge >= 0.3 is 6.09 Å². The third-order valence-corrected chi connectivity index (χ3v) is 2.52. The number of anilines is 1. The van der Waals surface area contributed by atoms with Crippen molar-refractivity contribution in [2.45, 2.75) is 6.92 Å². The molecule has 0 saturated carbocycles. The molecule has 6 nitrogen and oxygen atoms in total. The van der Waals surface area contributed by atoms with Gasteiger partial charge in [0.05, 0.1) is 6.54 Å². The SMILES string of the molecule is Cc1ccc(Cl)cc1NC(=O)CNCCOC(N)=O. The van der Waals surface area contributed by atoms with Crippen LogP contribution in [0.3, 0.4) is 0 Å². The summed E-state index contributed by atoms with van der Waals surface area (Å²) < 4.78 is 4.50. The van der Waals surface area contributed by atoms with Gasteiger partial charge in [-0.3, -0.25) is 4.79 Å². The Hall–Kier alpha value is -1.79. The van der Waals surface area contributed by atoms with E-state index < -0.39 is 6.09 Å². The first-order chi connectivity index (χ1) is 8.99. The molecule has 7 heteroatoms. The number of hydrogen-bond donors (Lipinski definition) is 3. The van der Waals surface area contributed by atoms with Crippen molar-refractivity contribution < 1.29 is 14.3 Å². The van der Waals surface area contributed by atoms with Crippen LogP contribution in [0.25, 0.3) is 0 Å². The highest BCUT2D eigenvalue weighted by atomic mass is 35.5. The quantitative estimate of drug-likeness (QED) is 0.686. The predicted octanol–water partition coefficient (Wildman–Crippen LogP) is 1.27. The van der Waals surface area contributed by atoms with Crippen LogP contribution >= 0.6 is 11.6 Å². The van der Waals surface area contributed by atoms with Gasteiger partial charge in [0.15, 0.2) is 0 Å². The van der Waals surface area contributed by atoms with Crippen LogP contribution in [0, 0.1) is 6.92 Å². The van der Waals surface area contributed by atoms with Gasteiger partial charge in [0.1, 0.15) is 6.61 Å². The summed E-state index contributed by atoms with van der Waals surface area (Å²) in [5.74, 6) is -0.204. The Morgan fingerprint density at radius 2 is 2.16 bits per heavy atom. The summed E-state index contributed by atoms with van der Waals surface area (Å²) in [4.78, 5) is 21.9. The smallest absolute Gasteiger partial charge is 0.404 e. The van der Waals surface area contributed by atoms with Crippen LogP contribution in [-0.2, 0) is 9.53 Å². The van der Waals surface area contributed by atoms with Gasteiger partial charge in [-0.2, -0.15) is 0 Å². The zero-order valence-electron chi connectivity index (χ0n) is 10.5. The summed E-state index contributed by atoms with van der Waals surface area (Å²) in [7, 11) is 0. The van der Waals surface area contributed by atoms with Crippen LogP contribution in [0.4, 0.5) is 10.5 Å². The van der Waals surface area contributed by atoms with Gasteiger partial charge < -0.3 is 21.1 Å². The summed E-state index contributed by atoms with van der Waals surface area (Å²) >= 11 is 5.85. The highest BCUT2D eigenvalue weighted by Crippen LogP contribution is 2.19. The lowest BCUT2D eigenvalue weighted by molar-refractivity contribution is -0.115. The molecule has 2 amide bonds. The minimum atomic E-state index is -0.833. The Morgan fingerprint density at radius 1 is 1.42 bits per heavy atom. The van der Waals surface area contributed by atoms with Crippen molar-refractivity contribution >= 4 is 29.3 Å². The number of primary amides is 1. The molecule has 4 N–H and O–H groups in total. The first-order valence-corrected chi connectivity index (χ1v) is 6.06. The van der Waals surface area contributed by atoms with E-state index in [2.05, 4.69) is 15.4 Å². The van der Waals surface area contributed by atoms with Crippen molar-refractivity contribution in [3.63, 3.8) is 0 Å². The molecule has 1 aromatic rings. The number of carbonyl (C=O) groups excluding carboxylic acids is 2. The molecule has 0 bridgehead atoms. The van der Waals surface area contributed by atoms with Gasteiger partial charge in [-0.15, -0.1) is 0 Å². The first-order valence-electron chi connectivity index (χ1n) is 5.68. The molecule has 0 aliphatic carbocycles. The largest absolute Gasteiger partial charge is 0.448 e. The van der Waals surface area contributed by atoms with Gasteiger partial charge in [0.25, 0.3) is 0 Å². The molecule has 19 heavy (non-hydrogen) atoms. The fourth-order valence-corrected chi connectivity index (χ4v) is 1.52. The molecule has 0 radical (unpaired) electrons. The van der Waals surface area contributed by atoms with E-state index >= 15 is 0 Å². The molecule has 0 fully saturated rings. The average molecular weight is 286 g/mol. The molecule has 0 aromatic heterocycles. The molecule has 0 aliphatic heterocycles. The summed E-state index contributed by atoms with van der Waals surface area (Å²) in [5.41, 5.74) is 6.39. The molecule has 0 atom stereocenters. The molecular weight excluding hydrogens is 270 g/mol. The van der Waals surface area contributed by atoms with E-state index in [0.29, 0.717) is 17.3 Å². The fourth-order valence-electron chi connectivity index (χ4n) is 1.35. The van der Waals surface area contributed by atoms with Crippen LogP contribution in [0.2, 0.25) is 5.02 Å². The highest BCUT2D eigenvalue weighted by molar-refractivity contribution is 6.31. The van der Waals surface area contributed by atoms with E-state index in [4.69, 9.17) is 17.3 Å². The van der Waals surface area contributed by atoms with Gasteiger partial charge in [0, 0.05) is 17.3 Å². The molecule has 0 saturated heterocycles. The van der Waals surface area contributed by atoms with E-state index in [0.717, 1.165) is 5.56 Å². The zero-order valence-corrected chi connectivity index (χ0v) is 11.3. The second-order valence-electron chi connectivity index (χ2n) is 3.85. The predicted molar refractivity (Wildman–Crippen MR) is 73.2 cm³/mol. The lowest BCUT2D eigenvalue weighted by Gasteiger charge is -2.09.